The van der Waals surface area contributed by atoms with Crippen molar-refractivity contribution in [2.45, 2.75) is 19.8 Å². The highest BCUT2D eigenvalue weighted by Gasteiger charge is 2.24. The molecule has 1 aromatic heterocycles. The number of rotatable bonds is 3. The molecule has 2 saturated heterocycles. The van der Waals surface area contributed by atoms with Crippen molar-refractivity contribution >= 4 is 17.5 Å². The van der Waals surface area contributed by atoms with Gasteiger partial charge >= 0.3 is 0 Å². The van der Waals surface area contributed by atoms with Gasteiger partial charge in [0.1, 0.15) is 5.69 Å². The molecule has 6 nitrogen and oxygen atoms in total. The van der Waals surface area contributed by atoms with Crippen LogP contribution in [-0.2, 0) is 0 Å². The van der Waals surface area contributed by atoms with E-state index in [-0.39, 0.29) is 5.91 Å². The van der Waals surface area contributed by atoms with Crippen LogP contribution in [0.3, 0.4) is 0 Å². The van der Waals surface area contributed by atoms with E-state index in [9.17, 15) is 4.79 Å². The van der Waals surface area contributed by atoms with Crippen LogP contribution in [0.4, 0.5) is 11.6 Å². The minimum Gasteiger partial charge on any atom is -0.368 e. The molecule has 3 heterocycles. The third kappa shape index (κ3) is 4.04. The van der Waals surface area contributed by atoms with E-state index in [1.807, 2.05) is 11.0 Å². The number of piperidine rings is 1. The number of benzene rings is 1. The van der Waals surface area contributed by atoms with Crippen LogP contribution in [-0.4, -0.2) is 60.0 Å². The Morgan fingerprint density at radius 1 is 0.926 bits per heavy atom. The summed E-state index contributed by atoms with van der Waals surface area (Å²) in [6, 6.07) is 12.2. The lowest BCUT2D eigenvalue weighted by Gasteiger charge is -2.36. The second kappa shape index (κ2) is 7.94. The van der Waals surface area contributed by atoms with E-state index in [4.69, 9.17) is 0 Å². The monoisotopic (exact) mass is 365 g/mol. The normalized spacial score (nSPS) is 18.6. The molecule has 0 radical (unpaired) electrons. The Morgan fingerprint density at radius 3 is 2.30 bits per heavy atom. The highest BCUT2D eigenvalue weighted by Crippen LogP contribution is 2.20. The average Bonchev–Trinajstić information content (AvgIpc) is 2.75. The summed E-state index contributed by atoms with van der Waals surface area (Å²) in [6.45, 7) is 7.47. The van der Waals surface area contributed by atoms with E-state index in [0.29, 0.717) is 17.6 Å². The Labute approximate surface area is 160 Å². The van der Waals surface area contributed by atoms with E-state index in [1.165, 1.54) is 5.69 Å². The van der Waals surface area contributed by atoms with Crippen LogP contribution >= 0.6 is 0 Å². The molecule has 0 saturated carbocycles. The fourth-order valence-corrected chi connectivity index (χ4v) is 3.80. The molecule has 0 bridgehead atoms. The number of hydrogen-bond donors (Lipinski definition) is 0. The van der Waals surface area contributed by atoms with Crippen LogP contribution in [0.25, 0.3) is 0 Å². The quantitative estimate of drug-likeness (QED) is 0.837. The standard InChI is InChI=1S/C21H27N5O/c1-17-8-11-25(12-9-17)20(27)19-7-10-22-21(23-19)26-15-13-24(14-16-26)18-5-3-2-4-6-18/h2-7,10,17H,8-9,11-16H2,1H3. The number of carbonyl (C=O) groups is 1. The maximum Gasteiger partial charge on any atom is 0.272 e. The lowest BCUT2D eigenvalue weighted by molar-refractivity contribution is 0.0691. The Morgan fingerprint density at radius 2 is 1.59 bits per heavy atom. The van der Waals surface area contributed by atoms with Gasteiger partial charge in [-0.1, -0.05) is 25.1 Å². The summed E-state index contributed by atoms with van der Waals surface area (Å²) < 4.78 is 0. The molecule has 4 rings (SSSR count). The first kappa shape index (κ1) is 17.8. The van der Waals surface area contributed by atoms with Crippen molar-refractivity contribution in [3.05, 3.63) is 48.3 Å². The molecule has 0 N–H and O–H groups in total. The number of nitrogens with zero attached hydrogens (tertiary/aromatic N) is 5. The largest absolute Gasteiger partial charge is 0.368 e. The van der Waals surface area contributed by atoms with Crippen molar-refractivity contribution in [3.8, 4) is 0 Å². The van der Waals surface area contributed by atoms with Gasteiger partial charge in [0.15, 0.2) is 0 Å². The SMILES string of the molecule is CC1CCN(C(=O)c2ccnc(N3CCN(c4ccccc4)CC3)n2)CC1. The van der Waals surface area contributed by atoms with E-state index < -0.39 is 0 Å². The third-order valence-corrected chi connectivity index (χ3v) is 5.62. The number of anilines is 2. The number of piperazine rings is 1. The first-order valence-corrected chi connectivity index (χ1v) is 9.88. The number of amides is 1. The van der Waals surface area contributed by atoms with Gasteiger partial charge in [-0.05, 0) is 37.0 Å². The summed E-state index contributed by atoms with van der Waals surface area (Å²) in [5, 5.41) is 0. The summed E-state index contributed by atoms with van der Waals surface area (Å²) >= 11 is 0. The van der Waals surface area contributed by atoms with E-state index >= 15 is 0 Å². The summed E-state index contributed by atoms with van der Waals surface area (Å²) in [7, 11) is 0. The predicted octanol–water partition coefficient (Wildman–Crippen LogP) is 2.68. The second-order valence-electron chi connectivity index (χ2n) is 7.53. The van der Waals surface area contributed by atoms with Crippen LogP contribution in [0.15, 0.2) is 42.6 Å². The van der Waals surface area contributed by atoms with Gasteiger partial charge in [0.05, 0.1) is 0 Å². The molecule has 0 unspecified atom stereocenters. The molecule has 6 heteroatoms. The van der Waals surface area contributed by atoms with Crippen LogP contribution in [0, 0.1) is 5.92 Å². The fourth-order valence-electron chi connectivity index (χ4n) is 3.80. The van der Waals surface area contributed by atoms with Gasteiger partial charge in [-0.25, -0.2) is 9.97 Å². The molecule has 2 aliphatic heterocycles. The number of carbonyl (C=O) groups excluding carboxylic acids is 1. The molecular weight excluding hydrogens is 338 g/mol. The van der Waals surface area contributed by atoms with Gasteiger partial charge in [0, 0.05) is 51.2 Å². The number of likely N-dealkylation sites (tertiary alicyclic amines) is 1. The predicted molar refractivity (Wildman–Crippen MR) is 107 cm³/mol. The zero-order chi connectivity index (χ0) is 18.6. The minimum atomic E-state index is 0.0356. The van der Waals surface area contributed by atoms with Gasteiger partial charge in [0.2, 0.25) is 5.95 Å². The first-order valence-electron chi connectivity index (χ1n) is 9.88. The lowest BCUT2D eigenvalue weighted by Crippen LogP contribution is -2.47. The van der Waals surface area contributed by atoms with Crippen molar-refractivity contribution < 1.29 is 4.79 Å². The highest BCUT2D eigenvalue weighted by molar-refractivity contribution is 5.92. The van der Waals surface area contributed by atoms with Crippen molar-refractivity contribution in [2.24, 2.45) is 5.92 Å². The van der Waals surface area contributed by atoms with Crippen molar-refractivity contribution in [1.82, 2.24) is 14.9 Å². The summed E-state index contributed by atoms with van der Waals surface area (Å²) in [5.41, 5.74) is 1.77. The summed E-state index contributed by atoms with van der Waals surface area (Å²) in [6.07, 6.45) is 3.86. The van der Waals surface area contributed by atoms with Crippen LogP contribution in [0.5, 0.6) is 0 Å². The Kier molecular flexibility index (Phi) is 5.23. The molecule has 27 heavy (non-hydrogen) atoms. The van der Waals surface area contributed by atoms with Crippen molar-refractivity contribution in [1.29, 1.82) is 0 Å². The average molecular weight is 365 g/mol. The number of para-hydroxylation sites is 1. The summed E-state index contributed by atoms with van der Waals surface area (Å²) in [5.74, 6) is 1.41. The van der Waals surface area contributed by atoms with Crippen LogP contribution in [0.1, 0.15) is 30.3 Å². The Balaban J connectivity index is 1.40. The molecule has 0 spiro atoms. The molecule has 2 aromatic rings. The maximum atomic E-state index is 12.8. The Bertz CT molecular complexity index is 765. The fraction of sp³-hybridized carbons (Fsp3) is 0.476. The van der Waals surface area contributed by atoms with Crippen molar-refractivity contribution in [2.75, 3.05) is 49.1 Å². The second-order valence-corrected chi connectivity index (χ2v) is 7.53. The number of hydrogen-bond acceptors (Lipinski definition) is 5. The lowest BCUT2D eigenvalue weighted by atomic mass is 9.99. The molecule has 2 fully saturated rings. The molecule has 0 atom stereocenters. The smallest absolute Gasteiger partial charge is 0.272 e. The molecule has 0 aliphatic carbocycles. The molecule has 142 valence electrons. The van der Waals surface area contributed by atoms with E-state index in [2.05, 4.69) is 51.0 Å². The molecular formula is C21H27N5O. The third-order valence-electron chi connectivity index (χ3n) is 5.62. The van der Waals surface area contributed by atoms with Gasteiger partial charge in [-0.15, -0.1) is 0 Å². The topological polar surface area (TPSA) is 52.6 Å². The first-order chi connectivity index (χ1) is 13.2. The maximum absolute atomic E-state index is 12.8. The van der Waals surface area contributed by atoms with E-state index in [0.717, 1.165) is 52.1 Å². The van der Waals surface area contributed by atoms with E-state index in [1.54, 1.807) is 12.3 Å². The van der Waals surface area contributed by atoms with Gasteiger partial charge in [-0.2, -0.15) is 0 Å². The van der Waals surface area contributed by atoms with Gasteiger partial charge in [0.25, 0.3) is 5.91 Å². The zero-order valence-corrected chi connectivity index (χ0v) is 15.9. The minimum absolute atomic E-state index is 0.0356. The van der Waals surface area contributed by atoms with Crippen LogP contribution < -0.4 is 9.80 Å². The van der Waals surface area contributed by atoms with Gasteiger partial charge < -0.3 is 14.7 Å². The zero-order valence-electron chi connectivity index (χ0n) is 15.9. The van der Waals surface area contributed by atoms with Gasteiger partial charge in [-0.3, -0.25) is 4.79 Å². The molecule has 1 amide bonds. The van der Waals surface area contributed by atoms with Crippen molar-refractivity contribution in [3.63, 3.8) is 0 Å². The molecule has 2 aliphatic rings. The highest BCUT2D eigenvalue weighted by atomic mass is 16.2. The number of aromatic nitrogens is 2. The Hall–Kier alpha value is -2.63. The molecule has 1 aromatic carbocycles. The summed E-state index contributed by atoms with van der Waals surface area (Å²) in [4.78, 5) is 28.3. The van der Waals surface area contributed by atoms with Crippen LogP contribution in [0.2, 0.25) is 0 Å².